The van der Waals surface area contributed by atoms with Gasteiger partial charge in [0.25, 0.3) is 0 Å². The van der Waals surface area contributed by atoms with E-state index in [-0.39, 0.29) is 5.54 Å². The predicted octanol–water partition coefficient (Wildman–Crippen LogP) is 2.21. The summed E-state index contributed by atoms with van der Waals surface area (Å²) < 4.78 is 5.55. The van der Waals surface area contributed by atoms with Crippen LogP contribution in [0.5, 0.6) is 0 Å². The molecule has 0 atom stereocenters. The second kappa shape index (κ2) is 5.55. The van der Waals surface area contributed by atoms with Crippen molar-refractivity contribution in [1.82, 2.24) is 19.9 Å². The number of thiazole rings is 1. The Balaban J connectivity index is 1.74. The van der Waals surface area contributed by atoms with Crippen molar-refractivity contribution >= 4 is 11.3 Å². The van der Waals surface area contributed by atoms with Crippen LogP contribution in [0.2, 0.25) is 0 Å². The normalized spacial score (nSPS) is 19.1. The lowest BCUT2D eigenvalue weighted by Gasteiger charge is -2.41. The molecule has 1 aliphatic rings. The molecule has 0 aliphatic carbocycles. The fraction of sp³-hybridized carbons (Fsp3) is 0.500. The van der Waals surface area contributed by atoms with Crippen LogP contribution in [0.25, 0.3) is 10.8 Å². The highest BCUT2D eigenvalue weighted by atomic mass is 32.1. The topological polar surface area (TPSA) is 51.1 Å². The van der Waals surface area contributed by atoms with E-state index in [1.807, 2.05) is 6.07 Å². The van der Waals surface area contributed by atoms with Crippen LogP contribution in [0.1, 0.15) is 19.5 Å². The van der Waals surface area contributed by atoms with Crippen LogP contribution in [-0.2, 0) is 11.3 Å². The zero-order valence-corrected chi connectivity index (χ0v) is 12.6. The van der Waals surface area contributed by atoms with Gasteiger partial charge in [0.05, 0.1) is 18.9 Å². The number of morpholine rings is 1. The molecule has 20 heavy (non-hydrogen) atoms. The predicted molar refractivity (Wildman–Crippen MR) is 78.4 cm³/mol. The molecule has 0 spiro atoms. The van der Waals surface area contributed by atoms with Crippen LogP contribution in [0.3, 0.4) is 0 Å². The third-order valence-corrected chi connectivity index (χ3v) is 4.37. The zero-order valence-electron chi connectivity index (χ0n) is 11.7. The van der Waals surface area contributed by atoms with Crippen molar-refractivity contribution in [2.75, 3.05) is 19.8 Å². The second-order valence-corrected chi connectivity index (χ2v) is 6.36. The number of rotatable bonds is 3. The largest absolute Gasteiger partial charge is 0.378 e. The van der Waals surface area contributed by atoms with Gasteiger partial charge in [0.15, 0.2) is 10.8 Å². The lowest BCUT2D eigenvalue weighted by Crippen LogP contribution is -2.52. The van der Waals surface area contributed by atoms with Crippen molar-refractivity contribution in [2.24, 2.45) is 0 Å². The van der Waals surface area contributed by atoms with Crippen molar-refractivity contribution in [1.29, 1.82) is 0 Å². The Morgan fingerprint density at radius 1 is 1.35 bits per heavy atom. The van der Waals surface area contributed by atoms with E-state index in [1.54, 1.807) is 23.7 Å². The number of hydrogen-bond donors (Lipinski definition) is 0. The maximum atomic E-state index is 5.55. The molecule has 3 rings (SSSR count). The van der Waals surface area contributed by atoms with Crippen LogP contribution in [0.4, 0.5) is 0 Å². The SMILES string of the molecule is CC1(C)COCCN1Cc1csc(-c2ncccn2)n1. The number of ether oxygens (including phenoxy) is 1. The summed E-state index contributed by atoms with van der Waals surface area (Å²) in [5.74, 6) is 0.699. The minimum atomic E-state index is 0.0608. The lowest BCUT2D eigenvalue weighted by atomic mass is 10.0. The average Bonchev–Trinajstić information content (AvgIpc) is 2.91. The molecule has 0 bridgehead atoms. The summed E-state index contributed by atoms with van der Waals surface area (Å²) in [6.45, 7) is 7.77. The summed E-state index contributed by atoms with van der Waals surface area (Å²) >= 11 is 1.60. The second-order valence-electron chi connectivity index (χ2n) is 5.50. The number of hydrogen-bond acceptors (Lipinski definition) is 6. The minimum Gasteiger partial charge on any atom is -0.378 e. The van der Waals surface area contributed by atoms with Crippen LogP contribution < -0.4 is 0 Å². The first-order chi connectivity index (χ1) is 9.65. The number of aromatic nitrogens is 3. The highest BCUT2D eigenvalue weighted by Gasteiger charge is 2.30. The number of nitrogens with zero attached hydrogens (tertiary/aromatic N) is 4. The molecule has 1 fully saturated rings. The Morgan fingerprint density at radius 3 is 2.90 bits per heavy atom. The van der Waals surface area contributed by atoms with E-state index in [1.165, 1.54) is 0 Å². The lowest BCUT2D eigenvalue weighted by molar-refractivity contribution is -0.0557. The van der Waals surface area contributed by atoms with Crippen molar-refractivity contribution in [3.63, 3.8) is 0 Å². The molecule has 2 aromatic rings. The van der Waals surface area contributed by atoms with Gasteiger partial charge in [-0.15, -0.1) is 11.3 Å². The molecule has 1 saturated heterocycles. The van der Waals surface area contributed by atoms with Gasteiger partial charge >= 0.3 is 0 Å². The van der Waals surface area contributed by atoms with Gasteiger partial charge in [-0.1, -0.05) is 0 Å². The fourth-order valence-electron chi connectivity index (χ4n) is 2.27. The Labute approximate surface area is 122 Å². The van der Waals surface area contributed by atoms with Crippen molar-refractivity contribution in [2.45, 2.75) is 25.9 Å². The van der Waals surface area contributed by atoms with E-state index >= 15 is 0 Å². The zero-order chi connectivity index (χ0) is 14.0. The van der Waals surface area contributed by atoms with E-state index in [0.717, 1.165) is 37.0 Å². The first-order valence-electron chi connectivity index (χ1n) is 6.70. The molecule has 0 unspecified atom stereocenters. The molecule has 0 amide bonds. The first kappa shape index (κ1) is 13.6. The monoisotopic (exact) mass is 290 g/mol. The van der Waals surface area contributed by atoms with E-state index in [0.29, 0.717) is 5.82 Å². The maximum absolute atomic E-state index is 5.55. The van der Waals surface area contributed by atoms with Crippen LogP contribution >= 0.6 is 11.3 Å². The third kappa shape index (κ3) is 2.87. The molecule has 0 N–H and O–H groups in total. The first-order valence-corrected chi connectivity index (χ1v) is 7.58. The van der Waals surface area contributed by atoms with E-state index in [2.05, 4.69) is 39.1 Å². The van der Waals surface area contributed by atoms with E-state index in [4.69, 9.17) is 4.74 Å². The molecule has 1 aliphatic heterocycles. The molecular formula is C14H18N4OS. The Bertz CT molecular complexity index is 570. The minimum absolute atomic E-state index is 0.0608. The molecule has 5 nitrogen and oxygen atoms in total. The molecule has 106 valence electrons. The van der Waals surface area contributed by atoms with Crippen molar-refractivity contribution < 1.29 is 4.74 Å². The summed E-state index contributed by atoms with van der Waals surface area (Å²) in [6.07, 6.45) is 3.49. The summed E-state index contributed by atoms with van der Waals surface area (Å²) in [5.41, 5.74) is 1.14. The van der Waals surface area contributed by atoms with Gasteiger partial charge in [-0.2, -0.15) is 0 Å². The molecule has 2 aromatic heterocycles. The molecule has 6 heteroatoms. The van der Waals surface area contributed by atoms with Crippen molar-refractivity contribution in [3.8, 4) is 10.8 Å². The smallest absolute Gasteiger partial charge is 0.188 e. The van der Waals surface area contributed by atoms with Crippen LogP contribution in [0.15, 0.2) is 23.8 Å². The average molecular weight is 290 g/mol. The standard InChI is InChI=1S/C14H18N4OS/c1-14(2)10-19-7-6-18(14)8-11-9-20-13(17-11)12-15-4-3-5-16-12/h3-5,9H,6-8,10H2,1-2H3. The molecule has 0 saturated carbocycles. The van der Waals surface area contributed by atoms with Crippen LogP contribution in [0, 0.1) is 0 Å². The Kier molecular flexibility index (Phi) is 3.78. The van der Waals surface area contributed by atoms with Gasteiger partial charge in [0, 0.05) is 36.4 Å². The quantitative estimate of drug-likeness (QED) is 0.867. The van der Waals surface area contributed by atoms with Crippen LogP contribution in [-0.4, -0.2) is 45.1 Å². The van der Waals surface area contributed by atoms with Gasteiger partial charge in [-0.25, -0.2) is 15.0 Å². The van der Waals surface area contributed by atoms with Gasteiger partial charge < -0.3 is 4.74 Å². The third-order valence-electron chi connectivity index (χ3n) is 3.48. The summed E-state index contributed by atoms with van der Waals surface area (Å²) in [7, 11) is 0. The van der Waals surface area contributed by atoms with E-state index in [9.17, 15) is 0 Å². The Morgan fingerprint density at radius 2 is 2.15 bits per heavy atom. The molecule has 3 heterocycles. The molecule has 0 radical (unpaired) electrons. The van der Waals surface area contributed by atoms with Gasteiger partial charge in [0.1, 0.15) is 0 Å². The van der Waals surface area contributed by atoms with E-state index < -0.39 is 0 Å². The molecular weight excluding hydrogens is 272 g/mol. The van der Waals surface area contributed by atoms with Gasteiger partial charge in [-0.05, 0) is 19.9 Å². The summed E-state index contributed by atoms with van der Waals surface area (Å²) in [5, 5.41) is 2.98. The van der Waals surface area contributed by atoms with Gasteiger partial charge in [0.2, 0.25) is 0 Å². The molecule has 0 aromatic carbocycles. The van der Waals surface area contributed by atoms with Crippen molar-refractivity contribution in [3.05, 3.63) is 29.5 Å². The maximum Gasteiger partial charge on any atom is 0.188 e. The highest BCUT2D eigenvalue weighted by Crippen LogP contribution is 2.24. The highest BCUT2D eigenvalue weighted by molar-refractivity contribution is 7.13. The summed E-state index contributed by atoms with van der Waals surface area (Å²) in [6, 6.07) is 1.81. The Hall–Kier alpha value is -1.37. The van der Waals surface area contributed by atoms with Gasteiger partial charge in [-0.3, -0.25) is 4.90 Å². The summed E-state index contributed by atoms with van der Waals surface area (Å²) in [4.78, 5) is 15.6. The fourth-order valence-corrected chi connectivity index (χ4v) is 3.03.